The number of benzene rings is 1. The smallest absolute Gasteiger partial charge is 0.200 e. The average Bonchev–Trinajstić information content (AvgIpc) is 2.36. The van der Waals surface area contributed by atoms with Crippen molar-refractivity contribution in [3.05, 3.63) is 32.7 Å². The first-order valence-corrected chi connectivity index (χ1v) is 6.80. The van der Waals surface area contributed by atoms with Crippen LogP contribution in [0.5, 0.6) is 0 Å². The van der Waals surface area contributed by atoms with Gasteiger partial charge in [-0.3, -0.25) is 0 Å². The Bertz CT molecular complexity index is 543. The van der Waals surface area contributed by atoms with Gasteiger partial charge in [-0.25, -0.2) is 13.2 Å². The van der Waals surface area contributed by atoms with Gasteiger partial charge >= 0.3 is 37.2 Å². The molecule has 1 aromatic carbocycles. The molecule has 0 unspecified atom stereocenters. The minimum atomic E-state index is -6.65. The molecule has 13 heteroatoms. The molecule has 126 valence electrons. The van der Waals surface area contributed by atoms with Crippen molar-refractivity contribution >= 4 is 0 Å². The summed E-state index contributed by atoms with van der Waals surface area (Å²) in [6.07, 6.45) is -13.3. The number of hydrogen-bond donors (Lipinski definition) is 0. The zero-order chi connectivity index (χ0) is 17.7. The van der Waals surface area contributed by atoms with E-state index in [2.05, 4.69) is 0 Å². The van der Waals surface area contributed by atoms with Gasteiger partial charge in [0.15, 0.2) is 0 Å². The Hall–Kier alpha value is -0.890. The summed E-state index contributed by atoms with van der Waals surface area (Å²) in [6.45, 7) is 0. The van der Waals surface area contributed by atoms with E-state index in [9.17, 15) is 52.7 Å². The van der Waals surface area contributed by atoms with E-state index in [0.717, 1.165) is 0 Å². The highest BCUT2D eigenvalue weighted by molar-refractivity contribution is 5.12. The van der Waals surface area contributed by atoms with Crippen LogP contribution in [0.4, 0.5) is 52.7 Å². The monoisotopic (exact) mass is 463 g/mol. The quantitative estimate of drug-likeness (QED) is 0.205. The molecule has 1 aromatic rings. The molecule has 0 fully saturated rings. The van der Waals surface area contributed by atoms with Crippen LogP contribution in [-0.4, -0.2) is 16.0 Å². The topological polar surface area (TPSA) is 0 Å². The largest absolute Gasteiger partial charge is 0.490 e. The van der Waals surface area contributed by atoms with Gasteiger partial charge in [-0.2, -0.15) is 39.5 Å². The minimum Gasteiger partial charge on any atom is -0.200 e. The molecule has 0 N–H and O–H groups in total. The highest BCUT2D eigenvalue weighted by Gasteiger charge is 2.84. The van der Waals surface area contributed by atoms with Crippen LogP contribution < -0.4 is 21.2 Å². The lowest BCUT2D eigenvalue weighted by Crippen LogP contribution is -3.70. The molecular formula is C9F12I+. The first-order valence-electron chi connectivity index (χ1n) is 4.65. The van der Waals surface area contributed by atoms with Gasteiger partial charge in [-0.1, -0.05) is 0 Å². The number of hydrogen-bond acceptors (Lipinski definition) is 0. The second-order valence-corrected chi connectivity index (χ2v) is 6.65. The van der Waals surface area contributed by atoms with Gasteiger partial charge in [0.2, 0.25) is 29.1 Å². The van der Waals surface area contributed by atoms with Crippen molar-refractivity contribution in [1.29, 1.82) is 0 Å². The second kappa shape index (κ2) is 5.63. The zero-order valence-corrected chi connectivity index (χ0v) is 11.6. The van der Waals surface area contributed by atoms with Crippen LogP contribution in [0.15, 0.2) is 0 Å². The molecule has 0 radical (unpaired) electrons. The van der Waals surface area contributed by atoms with Crippen molar-refractivity contribution in [3.63, 3.8) is 0 Å². The van der Waals surface area contributed by atoms with Gasteiger partial charge in [-0.15, -0.1) is 0 Å². The maximum atomic E-state index is 13.3. The van der Waals surface area contributed by atoms with Crippen LogP contribution in [0.1, 0.15) is 0 Å². The van der Waals surface area contributed by atoms with Gasteiger partial charge in [-0.05, 0) is 0 Å². The Morgan fingerprint density at radius 3 is 1.05 bits per heavy atom. The Balaban J connectivity index is 3.58. The van der Waals surface area contributed by atoms with Gasteiger partial charge in [0.25, 0.3) is 3.57 Å². The molecule has 0 aliphatic carbocycles. The highest BCUT2D eigenvalue weighted by atomic mass is 127. The molecule has 1 rings (SSSR count). The second-order valence-electron chi connectivity index (χ2n) is 3.55. The van der Waals surface area contributed by atoms with E-state index >= 15 is 0 Å². The third-order valence-electron chi connectivity index (χ3n) is 2.09. The standard InChI is InChI=1S/C9F12I/c10-1-2(11)4(13)6(5(14)3(1)12)22-7(15,8(16,17)18)9(19,20)21/q+1. The van der Waals surface area contributed by atoms with Crippen molar-refractivity contribution in [2.24, 2.45) is 0 Å². The molecule has 22 heavy (non-hydrogen) atoms. The molecule has 0 aliphatic heterocycles. The Kier molecular flexibility index (Phi) is 4.90. The van der Waals surface area contributed by atoms with Crippen LogP contribution in [0, 0.1) is 32.7 Å². The molecular weight excluding hydrogens is 463 g/mol. The average molecular weight is 463 g/mol. The highest BCUT2D eigenvalue weighted by Crippen LogP contribution is 2.40. The summed E-state index contributed by atoms with van der Waals surface area (Å²) in [7, 11) is 0. The van der Waals surface area contributed by atoms with Crippen LogP contribution in [0.2, 0.25) is 0 Å². The summed E-state index contributed by atoms with van der Waals surface area (Å²) < 4.78 is 143. The fraction of sp³-hybridized carbons (Fsp3) is 0.333. The van der Waals surface area contributed by atoms with E-state index in [1.165, 1.54) is 0 Å². The third-order valence-corrected chi connectivity index (χ3v) is 5.55. The zero-order valence-electron chi connectivity index (χ0n) is 9.41. The molecule has 0 bridgehead atoms. The summed E-state index contributed by atoms with van der Waals surface area (Å²) >= 11 is -4.41. The molecule has 0 spiro atoms. The lowest BCUT2D eigenvalue weighted by atomic mass is 10.3. The SMILES string of the molecule is Fc1c(F)c(F)c([I+]C(F)(C(F)(F)F)C(F)(F)F)c(F)c1F. The van der Waals surface area contributed by atoms with Gasteiger partial charge < -0.3 is 0 Å². The maximum absolute atomic E-state index is 13.3. The lowest BCUT2D eigenvalue weighted by Gasteiger charge is -2.19. The van der Waals surface area contributed by atoms with Crippen LogP contribution in [-0.2, 0) is 0 Å². The molecule has 0 aromatic heterocycles. The first-order chi connectivity index (χ1) is 9.65. The van der Waals surface area contributed by atoms with Crippen LogP contribution in [0.3, 0.4) is 0 Å². The maximum Gasteiger partial charge on any atom is 0.490 e. The third kappa shape index (κ3) is 2.95. The van der Waals surface area contributed by atoms with Gasteiger partial charge in [0.05, 0.1) is 0 Å². The molecule has 0 saturated carbocycles. The Labute approximate surface area is 123 Å². The Morgan fingerprint density at radius 2 is 0.773 bits per heavy atom. The summed E-state index contributed by atoms with van der Waals surface area (Å²) in [6, 6.07) is 0. The van der Waals surface area contributed by atoms with E-state index < -0.39 is 69.9 Å². The van der Waals surface area contributed by atoms with E-state index in [0.29, 0.717) is 0 Å². The van der Waals surface area contributed by atoms with E-state index in [1.54, 1.807) is 0 Å². The van der Waals surface area contributed by atoms with Crippen molar-refractivity contribution in [1.82, 2.24) is 0 Å². The molecule has 0 aliphatic rings. The summed E-state index contributed by atoms with van der Waals surface area (Å²) in [5, 5.41) is 0. The Morgan fingerprint density at radius 1 is 0.500 bits per heavy atom. The van der Waals surface area contributed by atoms with Crippen LogP contribution in [0.25, 0.3) is 0 Å². The van der Waals surface area contributed by atoms with Gasteiger partial charge in [0, 0.05) is 0 Å². The number of halogens is 13. The fourth-order valence-electron chi connectivity index (χ4n) is 1.06. The van der Waals surface area contributed by atoms with Gasteiger partial charge in [0.1, 0.15) is 0 Å². The number of rotatable bonds is 2. The van der Waals surface area contributed by atoms with E-state index in [4.69, 9.17) is 0 Å². The predicted octanol–water partition coefficient (Wildman–Crippen LogP) is 1.43. The first kappa shape index (κ1) is 19.2. The minimum absolute atomic E-state index is 2.45. The predicted molar refractivity (Wildman–Crippen MR) is 40.9 cm³/mol. The fourth-order valence-corrected chi connectivity index (χ4v) is 3.36. The van der Waals surface area contributed by atoms with E-state index in [-0.39, 0.29) is 0 Å². The van der Waals surface area contributed by atoms with Crippen LogP contribution >= 0.6 is 0 Å². The van der Waals surface area contributed by atoms with Crippen molar-refractivity contribution in [2.75, 3.05) is 0 Å². The molecule has 0 heterocycles. The molecule has 0 atom stereocenters. The molecule has 0 saturated heterocycles. The summed E-state index contributed by atoms with van der Waals surface area (Å²) in [5.74, 6) is -14.2. The normalized spacial score (nSPS) is 13.6. The number of alkyl halides is 8. The van der Waals surface area contributed by atoms with Crippen molar-refractivity contribution in [3.8, 4) is 0 Å². The molecule has 0 amide bonds. The lowest BCUT2D eigenvalue weighted by molar-refractivity contribution is -0.793. The van der Waals surface area contributed by atoms with Crippen molar-refractivity contribution < 1.29 is 73.9 Å². The summed E-state index contributed by atoms with van der Waals surface area (Å²) in [4.78, 5) is 0. The summed E-state index contributed by atoms with van der Waals surface area (Å²) in [5.41, 5.74) is 0. The van der Waals surface area contributed by atoms with Crippen molar-refractivity contribution in [2.45, 2.75) is 16.0 Å². The molecule has 0 nitrogen and oxygen atoms in total. The van der Waals surface area contributed by atoms with E-state index in [1.807, 2.05) is 0 Å².